The van der Waals surface area contributed by atoms with Gasteiger partial charge in [-0.2, -0.15) is 0 Å². The van der Waals surface area contributed by atoms with E-state index in [2.05, 4.69) is 4.72 Å². The molecule has 1 saturated heterocycles. The molecular formula is C19H25N3O4S2. The number of hydrogen-bond acceptors (Lipinski definition) is 5. The summed E-state index contributed by atoms with van der Waals surface area (Å²) in [7, 11) is -3.46. The van der Waals surface area contributed by atoms with Crippen molar-refractivity contribution in [1.29, 1.82) is 0 Å². The minimum absolute atomic E-state index is 0.0717. The lowest BCUT2D eigenvalue weighted by Crippen LogP contribution is -2.38. The lowest BCUT2D eigenvalue weighted by atomic mass is 10.2. The van der Waals surface area contributed by atoms with E-state index in [-0.39, 0.29) is 10.6 Å². The molecule has 7 nitrogen and oxygen atoms in total. The molecule has 9 heteroatoms. The molecule has 1 fully saturated rings. The minimum atomic E-state index is -3.86. The average Bonchev–Trinajstić information content (AvgIpc) is 2.62. The predicted octanol–water partition coefficient (Wildman–Crippen LogP) is 2.79. The highest BCUT2D eigenvalue weighted by atomic mass is 32.2. The van der Waals surface area contributed by atoms with Crippen LogP contribution in [0, 0.1) is 6.92 Å². The van der Waals surface area contributed by atoms with Crippen LogP contribution < -0.4 is 13.9 Å². The summed E-state index contributed by atoms with van der Waals surface area (Å²) in [6.45, 7) is 2.06. The van der Waals surface area contributed by atoms with Crippen LogP contribution in [-0.4, -0.2) is 43.2 Å². The van der Waals surface area contributed by atoms with Crippen LogP contribution in [0.3, 0.4) is 0 Å². The Morgan fingerprint density at radius 1 is 1.04 bits per heavy atom. The van der Waals surface area contributed by atoms with E-state index in [9.17, 15) is 16.8 Å². The van der Waals surface area contributed by atoms with E-state index in [0.29, 0.717) is 29.9 Å². The molecule has 0 aliphatic carbocycles. The normalized spacial score (nSPS) is 16.6. The fourth-order valence-corrected chi connectivity index (χ4v) is 6.11. The lowest BCUT2D eigenvalue weighted by Gasteiger charge is -2.28. The van der Waals surface area contributed by atoms with Crippen molar-refractivity contribution in [2.24, 2.45) is 0 Å². The Kier molecular flexibility index (Phi) is 5.58. The molecule has 28 heavy (non-hydrogen) atoms. The number of nitrogens with zero attached hydrogens (tertiary/aromatic N) is 2. The summed E-state index contributed by atoms with van der Waals surface area (Å²) in [6.07, 6.45) is 1.38. The molecule has 0 bridgehead atoms. The molecule has 0 atom stereocenters. The van der Waals surface area contributed by atoms with Crippen molar-refractivity contribution in [1.82, 2.24) is 0 Å². The molecule has 0 radical (unpaired) electrons. The monoisotopic (exact) mass is 423 g/mol. The van der Waals surface area contributed by atoms with Gasteiger partial charge in [-0.25, -0.2) is 16.8 Å². The largest absolute Gasteiger partial charge is 0.378 e. The molecule has 1 aliphatic heterocycles. The van der Waals surface area contributed by atoms with Crippen LogP contribution in [-0.2, 0) is 20.0 Å². The molecule has 0 amide bonds. The van der Waals surface area contributed by atoms with Crippen molar-refractivity contribution in [3.63, 3.8) is 0 Å². The van der Waals surface area contributed by atoms with E-state index in [4.69, 9.17) is 0 Å². The van der Waals surface area contributed by atoms with Crippen LogP contribution in [0.1, 0.15) is 18.4 Å². The third-order valence-corrected chi connectivity index (χ3v) is 8.13. The maximum absolute atomic E-state index is 12.9. The Balaban J connectivity index is 1.93. The first-order valence-corrected chi connectivity index (χ1v) is 12.1. The van der Waals surface area contributed by atoms with Crippen LogP contribution in [0.2, 0.25) is 0 Å². The number of nitrogens with one attached hydrogen (secondary N) is 1. The van der Waals surface area contributed by atoms with Crippen LogP contribution in [0.15, 0.2) is 47.4 Å². The van der Waals surface area contributed by atoms with E-state index in [1.54, 1.807) is 31.2 Å². The van der Waals surface area contributed by atoms with Gasteiger partial charge in [0.25, 0.3) is 10.0 Å². The second kappa shape index (κ2) is 7.63. The van der Waals surface area contributed by atoms with Gasteiger partial charge in [0.15, 0.2) is 0 Å². The summed E-state index contributed by atoms with van der Waals surface area (Å²) in [4.78, 5) is 1.99. The molecule has 0 aromatic heterocycles. The number of anilines is 3. The maximum atomic E-state index is 12.9. The van der Waals surface area contributed by atoms with Gasteiger partial charge in [-0.15, -0.1) is 0 Å². The third-order valence-electron chi connectivity index (χ3n) is 4.73. The van der Waals surface area contributed by atoms with E-state index in [0.717, 1.165) is 12.1 Å². The Morgan fingerprint density at radius 2 is 1.71 bits per heavy atom. The van der Waals surface area contributed by atoms with Gasteiger partial charge >= 0.3 is 0 Å². The van der Waals surface area contributed by atoms with Gasteiger partial charge in [0.05, 0.1) is 16.3 Å². The van der Waals surface area contributed by atoms with Crippen molar-refractivity contribution in [3.8, 4) is 0 Å². The minimum Gasteiger partial charge on any atom is -0.378 e. The second-order valence-corrected chi connectivity index (χ2v) is 10.8. The van der Waals surface area contributed by atoms with E-state index >= 15 is 0 Å². The topological polar surface area (TPSA) is 86.8 Å². The van der Waals surface area contributed by atoms with Crippen molar-refractivity contribution in [2.45, 2.75) is 24.7 Å². The highest BCUT2D eigenvalue weighted by Crippen LogP contribution is 2.29. The summed E-state index contributed by atoms with van der Waals surface area (Å²) in [5, 5.41) is 0. The fourth-order valence-electron chi connectivity index (χ4n) is 3.15. The number of benzene rings is 2. The third kappa shape index (κ3) is 4.25. The smallest absolute Gasteiger partial charge is 0.262 e. The average molecular weight is 424 g/mol. The van der Waals surface area contributed by atoms with Crippen LogP contribution in [0.4, 0.5) is 17.1 Å². The molecule has 0 saturated carbocycles. The molecule has 152 valence electrons. The van der Waals surface area contributed by atoms with Crippen LogP contribution in [0.5, 0.6) is 0 Å². The van der Waals surface area contributed by atoms with Crippen molar-refractivity contribution in [2.75, 3.05) is 40.3 Å². The number of rotatable bonds is 5. The Hall–Kier alpha value is -2.26. The summed E-state index contributed by atoms with van der Waals surface area (Å²) in [5.41, 5.74) is 2.33. The number of sulfonamides is 2. The standard InChI is InChI=1S/C19H25N3O4S2/c1-15-6-9-18(22-12-4-5-13-27(22,23)24)14-19(15)28(25,26)20-16-7-10-17(11-8-16)21(2)3/h6-11,14,20H,4-5,12-13H2,1-3H3. The molecule has 0 unspecified atom stereocenters. The Morgan fingerprint density at radius 3 is 2.32 bits per heavy atom. The summed E-state index contributed by atoms with van der Waals surface area (Å²) in [5.74, 6) is 0.0828. The number of aryl methyl sites for hydroxylation is 1. The van der Waals surface area contributed by atoms with Gasteiger partial charge in [0.1, 0.15) is 0 Å². The van der Waals surface area contributed by atoms with E-state index in [1.807, 2.05) is 31.1 Å². The van der Waals surface area contributed by atoms with Crippen molar-refractivity contribution in [3.05, 3.63) is 48.0 Å². The number of hydrogen-bond donors (Lipinski definition) is 1. The van der Waals surface area contributed by atoms with Gasteiger partial charge in [0, 0.05) is 32.0 Å². The first kappa shape index (κ1) is 20.5. The molecular weight excluding hydrogens is 398 g/mol. The SMILES string of the molecule is Cc1ccc(N2CCCCS2(=O)=O)cc1S(=O)(=O)Nc1ccc(N(C)C)cc1. The van der Waals surface area contributed by atoms with E-state index in [1.165, 1.54) is 10.4 Å². The summed E-state index contributed by atoms with van der Waals surface area (Å²) >= 11 is 0. The van der Waals surface area contributed by atoms with Crippen molar-refractivity contribution >= 4 is 37.1 Å². The molecule has 0 spiro atoms. The van der Waals surface area contributed by atoms with Crippen LogP contribution in [0.25, 0.3) is 0 Å². The highest BCUT2D eigenvalue weighted by Gasteiger charge is 2.27. The zero-order valence-electron chi connectivity index (χ0n) is 16.2. The maximum Gasteiger partial charge on any atom is 0.262 e. The van der Waals surface area contributed by atoms with Gasteiger partial charge in [-0.1, -0.05) is 6.07 Å². The summed E-state index contributed by atoms with van der Waals surface area (Å²) < 4.78 is 54.5. The zero-order valence-corrected chi connectivity index (χ0v) is 17.8. The first-order chi connectivity index (χ1) is 13.1. The van der Waals surface area contributed by atoms with Gasteiger partial charge in [0.2, 0.25) is 10.0 Å². The molecule has 3 rings (SSSR count). The predicted molar refractivity (Wildman–Crippen MR) is 113 cm³/mol. The molecule has 2 aromatic rings. The van der Waals surface area contributed by atoms with Gasteiger partial charge in [-0.3, -0.25) is 9.03 Å². The molecule has 2 aromatic carbocycles. The zero-order chi connectivity index (χ0) is 20.5. The van der Waals surface area contributed by atoms with Crippen molar-refractivity contribution < 1.29 is 16.8 Å². The second-order valence-electron chi connectivity index (χ2n) is 7.09. The quantitative estimate of drug-likeness (QED) is 0.799. The van der Waals surface area contributed by atoms with Crippen LogP contribution >= 0.6 is 0 Å². The fraction of sp³-hybridized carbons (Fsp3) is 0.368. The molecule has 1 heterocycles. The Bertz CT molecular complexity index is 1060. The molecule has 1 N–H and O–H groups in total. The summed E-state index contributed by atoms with van der Waals surface area (Å²) in [6, 6.07) is 11.8. The highest BCUT2D eigenvalue weighted by molar-refractivity contribution is 7.93. The molecule has 1 aliphatic rings. The lowest BCUT2D eigenvalue weighted by molar-refractivity contribution is 0.574. The Labute approximate surface area is 167 Å². The first-order valence-electron chi connectivity index (χ1n) is 9.01. The van der Waals surface area contributed by atoms with Gasteiger partial charge in [-0.05, 0) is 61.7 Å². The van der Waals surface area contributed by atoms with E-state index < -0.39 is 20.0 Å². The van der Waals surface area contributed by atoms with Gasteiger partial charge < -0.3 is 4.90 Å².